The van der Waals surface area contributed by atoms with Gasteiger partial charge in [-0.05, 0) is 62.9 Å². The number of unbranched alkanes of at least 4 members (excludes halogenated alkanes) is 1. The van der Waals surface area contributed by atoms with E-state index in [2.05, 4.69) is 20.8 Å². The number of H-pyrrole nitrogens is 1. The second kappa shape index (κ2) is 11.8. The predicted molar refractivity (Wildman–Crippen MR) is 132 cm³/mol. The van der Waals surface area contributed by atoms with Crippen molar-refractivity contribution in [2.45, 2.75) is 44.9 Å². The molecule has 7 heteroatoms. The first-order valence-corrected chi connectivity index (χ1v) is 11.3. The fraction of sp³-hybridized carbons (Fsp3) is 0.400. The van der Waals surface area contributed by atoms with Crippen molar-refractivity contribution in [2.75, 3.05) is 18.4 Å². The molecule has 1 heterocycles. The third-order valence-electron chi connectivity index (χ3n) is 6.03. The average molecular weight is 455 g/mol. The molecule has 4 rings (SSSR count). The highest BCUT2D eigenvalue weighted by atomic mass is 35.5. The van der Waals surface area contributed by atoms with Crippen LogP contribution in [0.5, 0.6) is 0 Å². The molecule has 1 amide bonds. The van der Waals surface area contributed by atoms with E-state index in [0.717, 1.165) is 48.5 Å². The average Bonchev–Trinajstić information content (AvgIpc) is 3.30. The van der Waals surface area contributed by atoms with Crippen LogP contribution in [0, 0.1) is 5.92 Å². The van der Waals surface area contributed by atoms with E-state index in [0.29, 0.717) is 17.5 Å². The van der Waals surface area contributed by atoms with Crippen LogP contribution in [0.2, 0.25) is 0 Å². The molecule has 0 unspecified atom stereocenters. The summed E-state index contributed by atoms with van der Waals surface area (Å²) in [6.45, 7) is 2.09. The predicted octanol–water partition coefficient (Wildman–Crippen LogP) is 4.90. The van der Waals surface area contributed by atoms with Gasteiger partial charge in [0.15, 0.2) is 0 Å². The zero-order chi connectivity index (χ0) is 21.5. The van der Waals surface area contributed by atoms with Crippen molar-refractivity contribution in [1.29, 1.82) is 0 Å². The van der Waals surface area contributed by atoms with E-state index in [-0.39, 0.29) is 23.9 Å². The molecule has 1 saturated carbocycles. The summed E-state index contributed by atoms with van der Waals surface area (Å²) in [5, 5.41) is 14.7. The minimum Gasteiger partial charge on any atom is -0.326 e. The van der Waals surface area contributed by atoms with Crippen molar-refractivity contribution < 1.29 is 4.79 Å². The number of anilines is 1. The summed E-state index contributed by atoms with van der Waals surface area (Å²) < 4.78 is 0. The van der Waals surface area contributed by atoms with Gasteiger partial charge in [0.25, 0.3) is 5.56 Å². The SMILES string of the molecule is Cl.O=C(CCCCNCC1CCCC1)Nc1cccc(-c2n[nH]c(=O)c3ccccc23)c1. The third-order valence-corrected chi connectivity index (χ3v) is 6.03. The Kier molecular flexibility index (Phi) is 8.82. The Hall–Kier alpha value is -2.70. The first kappa shape index (κ1) is 24.0. The number of nitrogens with zero attached hydrogens (tertiary/aromatic N) is 1. The van der Waals surface area contributed by atoms with E-state index in [9.17, 15) is 9.59 Å². The number of carbonyl (C=O) groups excluding carboxylic acids is 1. The topological polar surface area (TPSA) is 86.9 Å². The smallest absolute Gasteiger partial charge is 0.272 e. The highest BCUT2D eigenvalue weighted by Gasteiger charge is 2.14. The molecule has 1 fully saturated rings. The van der Waals surface area contributed by atoms with Crippen molar-refractivity contribution in [3.63, 3.8) is 0 Å². The van der Waals surface area contributed by atoms with E-state index < -0.39 is 0 Å². The molecule has 3 aromatic rings. The number of hydrogen-bond donors (Lipinski definition) is 3. The molecule has 32 heavy (non-hydrogen) atoms. The first-order chi connectivity index (χ1) is 15.2. The van der Waals surface area contributed by atoms with Crippen LogP contribution in [0.1, 0.15) is 44.9 Å². The maximum Gasteiger partial charge on any atom is 0.272 e. The van der Waals surface area contributed by atoms with Crippen LogP contribution in [-0.2, 0) is 4.79 Å². The van der Waals surface area contributed by atoms with Crippen molar-refractivity contribution in [3.8, 4) is 11.3 Å². The van der Waals surface area contributed by atoms with Crippen LogP contribution in [0.4, 0.5) is 5.69 Å². The highest BCUT2D eigenvalue weighted by molar-refractivity contribution is 5.95. The van der Waals surface area contributed by atoms with Crippen LogP contribution in [0.3, 0.4) is 0 Å². The van der Waals surface area contributed by atoms with Gasteiger partial charge >= 0.3 is 0 Å². The second-order valence-electron chi connectivity index (χ2n) is 8.39. The largest absolute Gasteiger partial charge is 0.326 e. The fourth-order valence-corrected chi connectivity index (χ4v) is 4.36. The van der Waals surface area contributed by atoms with Gasteiger partial charge in [-0.1, -0.05) is 43.2 Å². The summed E-state index contributed by atoms with van der Waals surface area (Å²) in [7, 11) is 0. The van der Waals surface area contributed by atoms with Gasteiger partial charge in [0.2, 0.25) is 5.91 Å². The first-order valence-electron chi connectivity index (χ1n) is 11.3. The van der Waals surface area contributed by atoms with Gasteiger partial charge in [-0.2, -0.15) is 5.10 Å². The number of rotatable bonds is 9. The summed E-state index contributed by atoms with van der Waals surface area (Å²) >= 11 is 0. The van der Waals surface area contributed by atoms with Crippen LogP contribution >= 0.6 is 12.4 Å². The maximum absolute atomic E-state index is 12.4. The number of aromatic nitrogens is 2. The number of hydrogen-bond acceptors (Lipinski definition) is 4. The number of nitrogens with one attached hydrogen (secondary N) is 3. The van der Waals surface area contributed by atoms with Crippen molar-refractivity contribution in [3.05, 3.63) is 58.9 Å². The van der Waals surface area contributed by atoms with Crippen molar-refractivity contribution in [1.82, 2.24) is 15.5 Å². The van der Waals surface area contributed by atoms with E-state index in [1.807, 2.05) is 42.5 Å². The fourth-order valence-electron chi connectivity index (χ4n) is 4.36. The molecule has 6 nitrogen and oxygen atoms in total. The van der Waals surface area contributed by atoms with Gasteiger partial charge in [0.05, 0.1) is 11.1 Å². The number of aromatic amines is 1. The molecule has 1 aliphatic rings. The standard InChI is InChI=1S/C25H30N4O2.ClH/c30-23(14-5-6-15-26-17-18-8-1-2-9-18)27-20-11-7-10-19(16-20)24-21-12-3-4-13-22(21)25(31)29-28-24;/h3-4,7,10-13,16,18,26H,1-2,5-6,8-9,14-15,17H2,(H,27,30)(H,29,31);1H. The molecule has 0 saturated heterocycles. The van der Waals surface area contributed by atoms with E-state index in [4.69, 9.17) is 0 Å². The Morgan fingerprint density at radius 1 is 1.03 bits per heavy atom. The number of benzene rings is 2. The van der Waals surface area contributed by atoms with Gasteiger partial charge in [0, 0.05) is 23.1 Å². The molecule has 0 radical (unpaired) electrons. The summed E-state index contributed by atoms with van der Waals surface area (Å²) in [4.78, 5) is 24.4. The number of fused-ring (bicyclic) bond motifs is 1. The lowest BCUT2D eigenvalue weighted by Crippen LogP contribution is -2.22. The van der Waals surface area contributed by atoms with Gasteiger partial charge < -0.3 is 10.6 Å². The van der Waals surface area contributed by atoms with Gasteiger partial charge in [-0.15, -0.1) is 12.4 Å². The number of carbonyl (C=O) groups is 1. The number of amides is 1. The third kappa shape index (κ3) is 6.17. The Bertz CT molecular complexity index is 1090. The summed E-state index contributed by atoms with van der Waals surface area (Å²) in [5.74, 6) is 0.872. The Balaban J connectivity index is 0.00000289. The lowest BCUT2D eigenvalue weighted by molar-refractivity contribution is -0.116. The zero-order valence-electron chi connectivity index (χ0n) is 18.2. The zero-order valence-corrected chi connectivity index (χ0v) is 19.0. The highest BCUT2D eigenvalue weighted by Crippen LogP contribution is 2.26. The normalized spacial score (nSPS) is 13.8. The molecule has 0 bridgehead atoms. The van der Waals surface area contributed by atoms with Crippen LogP contribution in [-0.4, -0.2) is 29.2 Å². The lowest BCUT2D eigenvalue weighted by Gasteiger charge is -2.10. The minimum absolute atomic E-state index is 0. The van der Waals surface area contributed by atoms with E-state index in [1.165, 1.54) is 25.7 Å². The van der Waals surface area contributed by atoms with Crippen LogP contribution < -0.4 is 16.2 Å². The summed E-state index contributed by atoms with van der Waals surface area (Å²) in [6, 6.07) is 15.0. The Morgan fingerprint density at radius 2 is 1.81 bits per heavy atom. The van der Waals surface area contributed by atoms with E-state index in [1.54, 1.807) is 6.07 Å². The monoisotopic (exact) mass is 454 g/mol. The minimum atomic E-state index is -0.207. The van der Waals surface area contributed by atoms with Crippen LogP contribution in [0.25, 0.3) is 22.0 Å². The van der Waals surface area contributed by atoms with Crippen molar-refractivity contribution >= 4 is 34.8 Å². The molecular weight excluding hydrogens is 424 g/mol. The van der Waals surface area contributed by atoms with Crippen LogP contribution in [0.15, 0.2) is 53.3 Å². The number of halogens is 1. The molecule has 0 aliphatic heterocycles. The Morgan fingerprint density at radius 3 is 2.62 bits per heavy atom. The Labute approximate surface area is 194 Å². The van der Waals surface area contributed by atoms with Gasteiger partial charge in [0.1, 0.15) is 0 Å². The lowest BCUT2D eigenvalue weighted by atomic mass is 10.0. The second-order valence-corrected chi connectivity index (χ2v) is 8.39. The van der Waals surface area contributed by atoms with Gasteiger partial charge in [-0.3, -0.25) is 9.59 Å². The summed E-state index contributed by atoms with van der Waals surface area (Å²) in [6.07, 6.45) is 7.86. The molecule has 1 aliphatic carbocycles. The quantitative estimate of drug-likeness (QED) is 0.401. The molecular formula is C25H31ClN4O2. The molecule has 170 valence electrons. The van der Waals surface area contributed by atoms with E-state index >= 15 is 0 Å². The molecule has 1 aromatic heterocycles. The maximum atomic E-state index is 12.4. The summed E-state index contributed by atoms with van der Waals surface area (Å²) in [5.41, 5.74) is 2.07. The van der Waals surface area contributed by atoms with Gasteiger partial charge in [-0.25, -0.2) is 5.10 Å². The molecule has 3 N–H and O–H groups in total. The van der Waals surface area contributed by atoms with Crippen molar-refractivity contribution in [2.24, 2.45) is 5.92 Å². The molecule has 2 aromatic carbocycles. The molecule has 0 spiro atoms. The molecule has 0 atom stereocenters.